The molecular weight excluding hydrogens is 479 g/mol. The molecule has 3 aromatic carbocycles. The molecule has 0 bridgehead atoms. The molecule has 1 atom stereocenters. The van der Waals surface area contributed by atoms with E-state index in [-0.39, 0.29) is 36.0 Å². The van der Waals surface area contributed by atoms with Gasteiger partial charge < -0.3 is 10.2 Å². The Hall–Kier alpha value is -4.26. The molecule has 6 nitrogen and oxygen atoms in total. The van der Waals surface area contributed by atoms with E-state index in [4.69, 9.17) is 0 Å². The van der Waals surface area contributed by atoms with Gasteiger partial charge in [-0.05, 0) is 42.2 Å². The Bertz CT molecular complexity index is 1350. The summed E-state index contributed by atoms with van der Waals surface area (Å²) in [7, 11) is 0. The minimum atomic E-state index is -0.360. The van der Waals surface area contributed by atoms with Crippen molar-refractivity contribution in [2.75, 3.05) is 18.4 Å². The lowest BCUT2D eigenvalue weighted by molar-refractivity contribution is -0.136. The van der Waals surface area contributed by atoms with Crippen LogP contribution in [0, 0.1) is 11.7 Å². The zero-order chi connectivity index (χ0) is 27.1. The molecule has 0 radical (unpaired) electrons. The lowest BCUT2D eigenvalue weighted by Gasteiger charge is -2.28. The number of carbonyl (C=O) groups is 2. The first-order chi connectivity index (χ1) is 18.4. The number of halogens is 1. The molecule has 1 unspecified atom stereocenters. The number of hydrogen-bond donors (Lipinski definition) is 1. The third-order valence-electron chi connectivity index (χ3n) is 6.26. The molecule has 7 heteroatoms. The van der Waals surface area contributed by atoms with Gasteiger partial charge in [0.25, 0.3) is 0 Å². The van der Waals surface area contributed by atoms with Crippen LogP contribution in [0.2, 0.25) is 0 Å². The topological polar surface area (TPSA) is 67.2 Å². The van der Waals surface area contributed by atoms with E-state index in [0.717, 1.165) is 11.1 Å². The molecule has 4 rings (SSSR count). The van der Waals surface area contributed by atoms with Crippen LogP contribution in [-0.2, 0) is 9.59 Å². The summed E-state index contributed by atoms with van der Waals surface area (Å²) in [6.07, 6.45) is 0.636. The molecule has 1 N–H and O–H groups in total. The number of benzene rings is 3. The zero-order valence-corrected chi connectivity index (χ0v) is 22.0. The number of aromatic nitrogens is 2. The predicted molar refractivity (Wildman–Crippen MR) is 148 cm³/mol. The van der Waals surface area contributed by atoms with E-state index in [0.29, 0.717) is 30.2 Å². The molecule has 0 aliphatic carbocycles. The summed E-state index contributed by atoms with van der Waals surface area (Å²) in [6.45, 7) is 6.40. The average Bonchev–Trinajstić information content (AvgIpc) is 3.33. The molecule has 38 heavy (non-hydrogen) atoms. The lowest BCUT2D eigenvalue weighted by Crippen LogP contribution is -2.42. The summed E-state index contributed by atoms with van der Waals surface area (Å²) in [5.74, 6) is -0.454. The van der Waals surface area contributed by atoms with Crippen LogP contribution < -0.4 is 5.32 Å². The first-order valence-corrected chi connectivity index (χ1v) is 12.9. The smallest absolute Gasteiger partial charge is 0.245 e. The fourth-order valence-corrected chi connectivity index (χ4v) is 4.49. The van der Waals surface area contributed by atoms with Crippen LogP contribution in [0.4, 0.5) is 10.2 Å². The number of hydrogen-bond acceptors (Lipinski definition) is 3. The van der Waals surface area contributed by atoms with E-state index in [1.807, 2.05) is 81.4 Å². The van der Waals surface area contributed by atoms with Gasteiger partial charge in [-0.15, -0.1) is 0 Å². The second-order valence-corrected chi connectivity index (χ2v) is 9.70. The minimum absolute atomic E-state index is 0.0698. The molecule has 196 valence electrons. The highest BCUT2D eigenvalue weighted by Crippen LogP contribution is 2.26. The second kappa shape index (κ2) is 12.3. The zero-order valence-electron chi connectivity index (χ0n) is 22.0. The van der Waals surface area contributed by atoms with Crippen LogP contribution >= 0.6 is 0 Å². The first-order valence-electron chi connectivity index (χ1n) is 12.9. The first kappa shape index (κ1) is 26.8. The van der Waals surface area contributed by atoms with Gasteiger partial charge in [0, 0.05) is 18.2 Å². The molecule has 0 aliphatic rings. The largest absolute Gasteiger partial charge is 0.333 e. The van der Waals surface area contributed by atoms with Crippen LogP contribution in [0.15, 0.2) is 91.0 Å². The maximum atomic E-state index is 13.6. The minimum Gasteiger partial charge on any atom is -0.333 e. The van der Waals surface area contributed by atoms with Gasteiger partial charge in [-0.3, -0.25) is 9.59 Å². The van der Waals surface area contributed by atoms with Crippen molar-refractivity contribution in [2.24, 2.45) is 5.92 Å². The molecule has 0 saturated heterocycles. The monoisotopic (exact) mass is 512 g/mol. The molecule has 0 fully saturated rings. The summed E-state index contributed by atoms with van der Waals surface area (Å²) in [4.78, 5) is 28.6. The highest BCUT2D eigenvalue weighted by molar-refractivity contribution is 5.95. The van der Waals surface area contributed by atoms with Crippen LogP contribution in [0.5, 0.6) is 0 Å². The Morgan fingerprint density at radius 2 is 1.58 bits per heavy atom. The molecule has 1 aromatic heterocycles. The number of amides is 2. The molecular formula is C31H33FN4O2. The van der Waals surface area contributed by atoms with Gasteiger partial charge in [-0.25, -0.2) is 9.07 Å². The second-order valence-electron chi connectivity index (χ2n) is 9.70. The number of anilines is 1. The summed E-state index contributed by atoms with van der Waals surface area (Å²) in [6, 6.07) is 27.0. The Labute approximate surface area is 223 Å². The van der Waals surface area contributed by atoms with Gasteiger partial charge >= 0.3 is 0 Å². The molecule has 1 heterocycles. The van der Waals surface area contributed by atoms with Crippen LogP contribution in [0.3, 0.4) is 0 Å². The van der Waals surface area contributed by atoms with Gasteiger partial charge in [0.05, 0.1) is 23.8 Å². The van der Waals surface area contributed by atoms with Gasteiger partial charge in [0.2, 0.25) is 11.8 Å². The van der Waals surface area contributed by atoms with Gasteiger partial charge in [-0.1, -0.05) is 81.4 Å². The normalized spacial score (nSPS) is 11.8. The van der Waals surface area contributed by atoms with Crippen LogP contribution in [-0.4, -0.2) is 39.6 Å². The van der Waals surface area contributed by atoms with Crippen molar-refractivity contribution in [2.45, 2.75) is 33.1 Å². The fourth-order valence-electron chi connectivity index (χ4n) is 4.49. The number of rotatable bonds is 10. The molecule has 2 amide bonds. The standard InChI is InChI=1S/C31H33FN4O2/c1-4-27(23-11-7-5-8-12-23)31(38)35(20-22(2)3)21-30(37)33-29-19-28(24-13-9-6-10-14-24)34-36(29)26-17-15-25(32)16-18-26/h5-19,22,27H,4,20-21H2,1-3H3,(H,33,37). The maximum Gasteiger partial charge on any atom is 0.245 e. The summed E-state index contributed by atoms with van der Waals surface area (Å²) in [5, 5.41) is 7.62. The number of nitrogens with zero attached hydrogens (tertiary/aromatic N) is 3. The molecule has 0 spiro atoms. The third kappa shape index (κ3) is 6.54. The van der Waals surface area contributed by atoms with Gasteiger partial charge in [0.1, 0.15) is 11.6 Å². The lowest BCUT2D eigenvalue weighted by atomic mass is 9.94. The highest BCUT2D eigenvalue weighted by Gasteiger charge is 2.27. The van der Waals surface area contributed by atoms with E-state index < -0.39 is 0 Å². The summed E-state index contributed by atoms with van der Waals surface area (Å²) < 4.78 is 15.2. The van der Waals surface area contributed by atoms with Crippen molar-refractivity contribution in [3.8, 4) is 16.9 Å². The van der Waals surface area contributed by atoms with E-state index in [1.54, 1.807) is 27.8 Å². The van der Waals surface area contributed by atoms with Gasteiger partial charge in [0.15, 0.2) is 0 Å². The van der Waals surface area contributed by atoms with E-state index in [9.17, 15) is 14.0 Å². The van der Waals surface area contributed by atoms with Crippen molar-refractivity contribution >= 4 is 17.6 Å². The number of carbonyl (C=O) groups excluding carboxylic acids is 2. The Balaban J connectivity index is 1.60. The Morgan fingerprint density at radius 1 is 0.947 bits per heavy atom. The van der Waals surface area contributed by atoms with E-state index in [2.05, 4.69) is 10.4 Å². The molecule has 4 aromatic rings. The summed E-state index contributed by atoms with van der Waals surface area (Å²) in [5.41, 5.74) is 3.09. The van der Waals surface area contributed by atoms with Crippen molar-refractivity contribution in [1.82, 2.24) is 14.7 Å². The highest BCUT2D eigenvalue weighted by atomic mass is 19.1. The van der Waals surface area contributed by atoms with Crippen molar-refractivity contribution < 1.29 is 14.0 Å². The number of nitrogens with one attached hydrogen (secondary N) is 1. The van der Waals surface area contributed by atoms with Crippen molar-refractivity contribution in [1.29, 1.82) is 0 Å². The Morgan fingerprint density at radius 3 is 2.18 bits per heavy atom. The van der Waals surface area contributed by atoms with Crippen LogP contribution in [0.1, 0.15) is 38.7 Å². The molecule has 0 aliphatic heterocycles. The van der Waals surface area contributed by atoms with Gasteiger partial charge in [-0.2, -0.15) is 5.10 Å². The van der Waals surface area contributed by atoms with Crippen molar-refractivity contribution in [3.63, 3.8) is 0 Å². The Kier molecular flexibility index (Phi) is 8.69. The summed E-state index contributed by atoms with van der Waals surface area (Å²) >= 11 is 0. The average molecular weight is 513 g/mol. The SMILES string of the molecule is CCC(C(=O)N(CC(=O)Nc1cc(-c2ccccc2)nn1-c1ccc(F)cc1)CC(C)C)c1ccccc1. The fraction of sp³-hybridized carbons (Fsp3) is 0.258. The molecule has 0 saturated carbocycles. The van der Waals surface area contributed by atoms with E-state index >= 15 is 0 Å². The third-order valence-corrected chi connectivity index (χ3v) is 6.26. The predicted octanol–water partition coefficient (Wildman–Crippen LogP) is 6.30. The van der Waals surface area contributed by atoms with Crippen LogP contribution in [0.25, 0.3) is 16.9 Å². The maximum absolute atomic E-state index is 13.6. The van der Waals surface area contributed by atoms with Crippen molar-refractivity contribution in [3.05, 3.63) is 102 Å². The quantitative estimate of drug-likeness (QED) is 0.271. The van der Waals surface area contributed by atoms with E-state index in [1.165, 1.54) is 12.1 Å².